The maximum atomic E-state index is 5.90. The largest absolute Gasteiger partial charge is 0.489 e. The van der Waals surface area contributed by atoms with Crippen LogP contribution in [0.25, 0.3) is 0 Å². The van der Waals surface area contributed by atoms with Gasteiger partial charge in [-0.25, -0.2) is 0 Å². The number of hydrogen-bond donors (Lipinski definition) is 1. The summed E-state index contributed by atoms with van der Waals surface area (Å²) < 4.78 is 5.90. The first-order valence-corrected chi connectivity index (χ1v) is 7.41. The Hall–Kier alpha value is -1.02. The van der Waals surface area contributed by atoms with E-state index in [1.54, 1.807) is 0 Å². The van der Waals surface area contributed by atoms with Crippen LogP contribution in [0.1, 0.15) is 53.0 Å². The van der Waals surface area contributed by atoms with Crippen molar-refractivity contribution in [2.45, 2.75) is 59.0 Å². The van der Waals surface area contributed by atoms with Crippen LogP contribution in [0.3, 0.4) is 0 Å². The lowest BCUT2D eigenvalue weighted by Crippen LogP contribution is -2.29. The molecular weight excluding hydrogens is 234 g/mol. The molecule has 0 saturated carbocycles. The molecule has 108 valence electrons. The van der Waals surface area contributed by atoms with Gasteiger partial charge in [-0.3, -0.25) is 0 Å². The zero-order valence-electron chi connectivity index (χ0n) is 13.1. The van der Waals surface area contributed by atoms with Gasteiger partial charge in [0.15, 0.2) is 0 Å². The number of hydrogen-bond acceptors (Lipinski definition) is 2. The zero-order valence-corrected chi connectivity index (χ0v) is 13.1. The second kappa shape index (κ2) is 7.54. The number of nitrogens with one attached hydrogen (secondary N) is 1. The van der Waals surface area contributed by atoms with Gasteiger partial charge < -0.3 is 10.1 Å². The van der Waals surface area contributed by atoms with E-state index in [0.717, 1.165) is 18.8 Å². The molecule has 0 saturated heterocycles. The molecule has 1 rings (SSSR count). The van der Waals surface area contributed by atoms with E-state index in [1.807, 2.05) is 0 Å². The fourth-order valence-electron chi connectivity index (χ4n) is 1.91. The Morgan fingerprint density at radius 2 is 1.79 bits per heavy atom. The topological polar surface area (TPSA) is 21.3 Å². The molecule has 1 unspecified atom stereocenters. The van der Waals surface area contributed by atoms with Crippen LogP contribution in [-0.4, -0.2) is 19.2 Å². The van der Waals surface area contributed by atoms with E-state index < -0.39 is 0 Å². The van der Waals surface area contributed by atoms with E-state index in [0.29, 0.717) is 0 Å². The average molecular weight is 263 g/mol. The third-order valence-corrected chi connectivity index (χ3v) is 3.20. The first kappa shape index (κ1) is 16.0. The van der Waals surface area contributed by atoms with Gasteiger partial charge in [-0.05, 0) is 43.0 Å². The molecule has 0 fully saturated rings. The summed E-state index contributed by atoms with van der Waals surface area (Å²) in [5.74, 6) is 0.956. The molecule has 0 aromatic heterocycles. The van der Waals surface area contributed by atoms with E-state index in [2.05, 4.69) is 64.2 Å². The van der Waals surface area contributed by atoms with Crippen molar-refractivity contribution in [1.82, 2.24) is 5.32 Å². The quantitative estimate of drug-likeness (QED) is 0.746. The maximum Gasteiger partial charge on any atom is 0.119 e. The zero-order chi connectivity index (χ0) is 14.3. The van der Waals surface area contributed by atoms with Crippen LogP contribution >= 0.6 is 0 Å². The van der Waals surface area contributed by atoms with Crippen LogP contribution in [0.4, 0.5) is 0 Å². The molecule has 1 atom stereocenters. The van der Waals surface area contributed by atoms with Crippen molar-refractivity contribution in [1.29, 1.82) is 0 Å². The highest BCUT2D eigenvalue weighted by Gasteiger charge is 2.13. The van der Waals surface area contributed by atoms with Gasteiger partial charge in [0, 0.05) is 6.54 Å². The predicted molar refractivity (Wildman–Crippen MR) is 83.0 cm³/mol. The summed E-state index contributed by atoms with van der Waals surface area (Å²) in [5.41, 5.74) is 1.54. The Morgan fingerprint density at radius 3 is 2.32 bits per heavy atom. The van der Waals surface area contributed by atoms with Crippen LogP contribution in [0.5, 0.6) is 5.75 Å². The van der Waals surface area contributed by atoms with Crippen molar-refractivity contribution >= 4 is 0 Å². The molecule has 1 aromatic rings. The summed E-state index contributed by atoms with van der Waals surface area (Å²) in [7, 11) is 0. The molecule has 1 N–H and O–H groups in total. The standard InChI is InChI=1S/C17H29NO/c1-6-7-12-18-13-14(2)19-16-10-8-15(9-11-16)17(3,4)5/h8-11,14,18H,6-7,12-13H2,1-5H3. The molecule has 0 aliphatic rings. The van der Waals surface area contributed by atoms with Gasteiger partial charge in [0.1, 0.15) is 11.9 Å². The highest BCUT2D eigenvalue weighted by molar-refractivity contribution is 5.31. The highest BCUT2D eigenvalue weighted by Crippen LogP contribution is 2.24. The summed E-state index contributed by atoms with van der Waals surface area (Å²) in [4.78, 5) is 0. The van der Waals surface area contributed by atoms with Crippen LogP contribution in [0.2, 0.25) is 0 Å². The smallest absolute Gasteiger partial charge is 0.119 e. The van der Waals surface area contributed by atoms with Crippen molar-refractivity contribution in [2.24, 2.45) is 0 Å². The molecule has 0 amide bonds. The lowest BCUT2D eigenvalue weighted by atomic mass is 9.87. The van der Waals surface area contributed by atoms with Gasteiger partial charge in [-0.2, -0.15) is 0 Å². The van der Waals surface area contributed by atoms with E-state index >= 15 is 0 Å². The molecule has 19 heavy (non-hydrogen) atoms. The van der Waals surface area contributed by atoms with Crippen molar-refractivity contribution < 1.29 is 4.74 Å². The van der Waals surface area contributed by atoms with Gasteiger partial charge in [0.2, 0.25) is 0 Å². The van der Waals surface area contributed by atoms with Crippen LogP contribution in [0, 0.1) is 0 Å². The molecule has 0 radical (unpaired) electrons. The van der Waals surface area contributed by atoms with E-state index in [9.17, 15) is 0 Å². The maximum absolute atomic E-state index is 5.90. The van der Waals surface area contributed by atoms with Gasteiger partial charge >= 0.3 is 0 Å². The van der Waals surface area contributed by atoms with Gasteiger partial charge in [0.25, 0.3) is 0 Å². The first-order valence-electron chi connectivity index (χ1n) is 7.41. The Balaban J connectivity index is 2.40. The molecule has 0 heterocycles. The fraction of sp³-hybridized carbons (Fsp3) is 0.647. The minimum absolute atomic E-state index is 0.200. The Kier molecular flexibility index (Phi) is 6.36. The number of benzene rings is 1. The third-order valence-electron chi connectivity index (χ3n) is 3.20. The van der Waals surface area contributed by atoms with E-state index in [-0.39, 0.29) is 11.5 Å². The minimum atomic E-state index is 0.200. The number of unbranched alkanes of at least 4 members (excludes halogenated alkanes) is 1. The average Bonchev–Trinajstić information content (AvgIpc) is 2.34. The molecule has 2 heteroatoms. The second-order valence-electron chi connectivity index (χ2n) is 6.26. The lowest BCUT2D eigenvalue weighted by molar-refractivity contribution is 0.217. The summed E-state index contributed by atoms with van der Waals surface area (Å²) in [5, 5.41) is 3.42. The summed E-state index contributed by atoms with van der Waals surface area (Å²) in [6.07, 6.45) is 2.67. The Labute approximate surface area is 118 Å². The van der Waals surface area contributed by atoms with E-state index in [4.69, 9.17) is 4.74 Å². The highest BCUT2D eigenvalue weighted by atomic mass is 16.5. The molecular formula is C17H29NO. The normalized spacial score (nSPS) is 13.3. The predicted octanol–water partition coefficient (Wildman–Crippen LogP) is 4.14. The molecule has 1 aromatic carbocycles. The van der Waals surface area contributed by atoms with Crippen LogP contribution < -0.4 is 10.1 Å². The monoisotopic (exact) mass is 263 g/mol. The first-order chi connectivity index (χ1) is 8.93. The SMILES string of the molecule is CCCCNCC(C)Oc1ccc(C(C)(C)C)cc1. The van der Waals surface area contributed by atoms with Crippen LogP contribution in [0.15, 0.2) is 24.3 Å². The molecule has 2 nitrogen and oxygen atoms in total. The minimum Gasteiger partial charge on any atom is -0.489 e. The fourth-order valence-corrected chi connectivity index (χ4v) is 1.91. The summed E-state index contributed by atoms with van der Waals surface area (Å²) >= 11 is 0. The Bertz CT molecular complexity index is 351. The van der Waals surface area contributed by atoms with Crippen molar-refractivity contribution in [2.75, 3.05) is 13.1 Å². The molecule has 0 bridgehead atoms. The Morgan fingerprint density at radius 1 is 1.16 bits per heavy atom. The number of rotatable bonds is 7. The molecule has 0 aliphatic carbocycles. The van der Waals surface area contributed by atoms with Crippen molar-refractivity contribution in [3.63, 3.8) is 0 Å². The van der Waals surface area contributed by atoms with Gasteiger partial charge in [-0.1, -0.05) is 46.2 Å². The van der Waals surface area contributed by atoms with Gasteiger partial charge in [-0.15, -0.1) is 0 Å². The van der Waals surface area contributed by atoms with Crippen LogP contribution in [-0.2, 0) is 5.41 Å². The summed E-state index contributed by atoms with van der Waals surface area (Å²) in [6.45, 7) is 13.0. The van der Waals surface area contributed by atoms with Crippen molar-refractivity contribution in [3.8, 4) is 5.75 Å². The van der Waals surface area contributed by atoms with E-state index in [1.165, 1.54) is 18.4 Å². The lowest BCUT2D eigenvalue weighted by Gasteiger charge is -2.20. The molecule has 0 spiro atoms. The van der Waals surface area contributed by atoms with Crippen molar-refractivity contribution in [3.05, 3.63) is 29.8 Å². The second-order valence-corrected chi connectivity index (χ2v) is 6.26. The third kappa shape index (κ3) is 6.11. The molecule has 0 aliphatic heterocycles. The van der Waals surface area contributed by atoms with Gasteiger partial charge in [0.05, 0.1) is 0 Å². The number of ether oxygens (including phenoxy) is 1. The summed E-state index contributed by atoms with van der Waals surface area (Å²) in [6, 6.07) is 8.46.